The summed E-state index contributed by atoms with van der Waals surface area (Å²) < 4.78 is 2.43. The van der Waals surface area contributed by atoms with E-state index in [9.17, 15) is 5.11 Å². The molecule has 1 aromatic rings. The molecule has 0 spiro atoms. The van der Waals surface area contributed by atoms with E-state index in [1.807, 2.05) is 0 Å². The molecule has 1 fully saturated rings. The van der Waals surface area contributed by atoms with Crippen molar-refractivity contribution in [2.45, 2.75) is 57.6 Å². The Bertz CT molecular complexity index is 378. The highest BCUT2D eigenvalue weighted by Crippen LogP contribution is 2.39. The van der Waals surface area contributed by atoms with Crippen LogP contribution in [0.1, 0.15) is 62.4 Å². The minimum absolute atomic E-state index is 0.210. The van der Waals surface area contributed by atoms with Crippen LogP contribution < -0.4 is 0 Å². The predicted octanol–water partition coefficient (Wildman–Crippen LogP) is 3.22. The van der Waals surface area contributed by atoms with Crippen molar-refractivity contribution in [3.63, 3.8) is 0 Å². The Morgan fingerprint density at radius 3 is 2.81 bits per heavy atom. The van der Waals surface area contributed by atoms with Crippen LogP contribution in [-0.4, -0.2) is 9.67 Å². The van der Waals surface area contributed by atoms with Crippen molar-refractivity contribution < 1.29 is 5.11 Å². The fourth-order valence-electron chi connectivity index (χ4n) is 3.22. The van der Waals surface area contributed by atoms with E-state index in [2.05, 4.69) is 23.8 Å². The summed E-state index contributed by atoms with van der Waals surface area (Å²) in [5.74, 6) is 0.871. The van der Waals surface area contributed by atoms with Gasteiger partial charge in [-0.3, -0.25) is 0 Å². The van der Waals surface area contributed by atoms with Crippen LogP contribution >= 0.6 is 0 Å². The molecule has 1 aromatic heterocycles. The van der Waals surface area contributed by atoms with Gasteiger partial charge in [-0.1, -0.05) is 6.42 Å². The number of aliphatic hydroxyl groups is 1. The molecule has 0 amide bonds. The summed E-state index contributed by atoms with van der Waals surface area (Å²) in [6.07, 6.45) is 9.39. The van der Waals surface area contributed by atoms with Crippen LogP contribution in [0.25, 0.3) is 0 Å². The molecule has 2 nitrogen and oxygen atoms in total. The summed E-state index contributed by atoms with van der Waals surface area (Å²) in [7, 11) is 0. The van der Waals surface area contributed by atoms with Crippen molar-refractivity contribution in [2.24, 2.45) is 5.92 Å². The van der Waals surface area contributed by atoms with E-state index < -0.39 is 0 Å². The standard InChI is InChI=1S/C14H21NO/c1-10(11-4-2-5-11)15-9-8-12-13(15)6-3-7-14(12)16/h8-11,14,16H,2-7H2,1H3. The zero-order chi connectivity index (χ0) is 11.1. The predicted molar refractivity (Wildman–Crippen MR) is 64.4 cm³/mol. The summed E-state index contributed by atoms with van der Waals surface area (Å²) in [5.41, 5.74) is 2.59. The SMILES string of the molecule is CC(C1CCC1)n1ccc2c1CCCC2O. The van der Waals surface area contributed by atoms with Crippen LogP contribution in [-0.2, 0) is 6.42 Å². The van der Waals surface area contributed by atoms with Crippen molar-refractivity contribution in [3.8, 4) is 0 Å². The van der Waals surface area contributed by atoms with Crippen molar-refractivity contribution >= 4 is 0 Å². The second kappa shape index (κ2) is 3.92. The molecule has 3 rings (SSSR count). The summed E-state index contributed by atoms with van der Waals surface area (Å²) in [4.78, 5) is 0. The molecule has 1 N–H and O–H groups in total. The molecule has 2 unspecified atom stereocenters. The minimum atomic E-state index is -0.210. The van der Waals surface area contributed by atoms with E-state index in [1.54, 1.807) is 0 Å². The molecule has 16 heavy (non-hydrogen) atoms. The maximum atomic E-state index is 9.95. The number of fused-ring (bicyclic) bond motifs is 1. The number of hydrogen-bond acceptors (Lipinski definition) is 1. The van der Waals surface area contributed by atoms with Crippen molar-refractivity contribution in [1.29, 1.82) is 0 Å². The molecule has 2 aliphatic rings. The van der Waals surface area contributed by atoms with E-state index in [-0.39, 0.29) is 6.10 Å². The molecule has 0 radical (unpaired) electrons. The van der Waals surface area contributed by atoms with Gasteiger partial charge in [-0.25, -0.2) is 0 Å². The van der Waals surface area contributed by atoms with E-state index in [0.717, 1.165) is 25.2 Å². The molecule has 0 bridgehead atoms. The number of aromatic nitrogens is 1. The third-order valence-corrected chi connectivity index (χ3v) is 4.58. The number of rotatable bonds is 2. The van der Waals surface area contributed by atoms with Gasteiger partial charge in [0, 0.05) is 23.5 Å². The number of hydrogen-bond donors (Lipinski definition) is 1. The summed E-state index contributed by atoms with van der Waals surface area (Å²) in [6, 6.07) is 2.76. The molecule has 0 aliphatic heterocycles. The van der Waals surface area contributed by atoms with Crippen molar-refractivity contribution in [2.75, 3.05) is 0 Å². The van der Waals surface area contributed by atoms with Crippen LogP contribution in [0.3, 0.4) is 0 Å². The van der Waals surface area contributed by atoms with Gasteiger partial charge >= 0.3 is 0 Å². The first-order chi connectivity index (χ1) is 7.77. The summed E-state index contributed by atoms with van der Waals surface area (Å²) in [6.45, 7) is 2.34. The molecule has 2 atom stereocenters. The maximum absolute atomic E-state index is 9.95. The molecule has 1 heterocycles. The van der Waals surface area contributed by atoms with Gasteiger partial charge in [-0.05, 0) is 51.0 Å². The van der Waals surface area contributed by atoms with Crippen molar-refractivity contribution in [1.82, 2.24) is 4.57 Å². The van der Waals surface area contributed by atoms with E-state index >= 15 is 0 Å². The van der Waals surface area contributed by atoms with Gasteiger partial charge < -0.3 is 9.67 Å². The normalized spacial score (nSPS) is 27.2. The van der Waals surface area contributed by atoms with E-state index in [1.165, 1.54) is 30.5 Å². The monoisotopic (exact) mass is 219 g/mol. The molecular weight excluding hydrogens is 198 g/mol. The first-order valence-corrected chi connectivity index (χ1v) is 6.65. The van der Waals surface area contributed by atoms with Crippen LogP contribution in [0, 0.1) is 5.92 Å². The topological polar surface area (TPSA) is 25.2 Å². The molecule has 88 valence electrons. The lowest BCUT2D eigenvalue weighted by Crippen LogP contribution is -2.24. The highest BCUT2D eigenvalue weighted by Gasteiger charge is 2.28. The molecule has 2 aliphatic carbocycles. The van der Waals surface area contributed by atoms with E-state index in [4.69, 9.17) is 0 Å². The highest BCUT2D eigenvalue weighted by atomic mass is 16.3. The zero-order valence-electron chi connectivity index (χ0n) is 10.0. The molecular formula is C14H21NO. The van der Waals surface area contributed by atoms with Gasteiger partial charge in [0.2, 0.25) is 0 Å². The van der Waals surface area contributed by atoms with Gasteiger partial charge in [0.25, 0.3) is 0 Å². The highest BCUT2D eigenvalue weighted by molar-refractivity contribution is 5.28. The van der Waals surface area contributed by atoms with Gasteiger partial charge in [-0.2, -0.15) is 0 Å². The Morgan fingerprint density at radius 1 is 1.31 bits per heavy atom. The first-order valence-electron chi connectivity index (χ1n) is 6.65. The van der Waals surface area contributed by atoms with Crippen LogP contribution in [0.5, 0.6) is 0 Å². The van der Waals surface area contributed by atoms with Gasteiger partial charge in [-0.15, -0.1) is 0 Å². The Kier molecular flexibility index (Phi) is 2.55. The zero-order valence-corrected chi connectivity index (χ0v) is 10.0. The first kappa shape index (κ1) is 10.4. The Morgan fingerprint density at radius 2 is 2.12 bits per heavy atom. The second-order valence-corrected chi connectivity index (χ2v) is 5.46. The largest absolute Gasteiger partial charge is 0.388 e. The third-order valence-electron chi connectivity index (χ3n) is 4.58. The van der Waals surface area contributed by atoms with Gasteiger partial charge in [0.05, 0.1) is 6.10 Å². The lowest BCUT2D eigenvalue weighted by atomic mass is 9.80. The van der Waals surface area contributed by atoms with Crippen LogP contribution in [0.2, 0.25) is 0 Å². The average molecular weight is 219 g/mol. The Hall–Kier alpha value is -0.760. The molecule has 1 saturated carbocycles. The second-order valence-electron chi connectivity index (χ2n) is 5.46. The average Bonchev–Trinajstić information content (AvgIpc) is 2.59. The third kappa shape index (κ3) is 1.51. The quantitative estimate of drug-likeness (QED) is 0.811. The van der Waals surface area contributed by atoms with Crippen molar-refractivity contribution in [3.05, 3.63) is 23.5 Å². The molecule has 2 heteroatoms. The fourth-order valence-corrected chi connectivity index (χ4v) is 3.22. The Balaban J connectivity index is 1.89. The minimum Gasteiger partial charge on any atom is -0.388 e. The molecule has 0 saturated heterocycles. The maximum Gasteiger partial charge on any atom is 0.0807 e. The molecule has 0 aromatic carbocycles. The number of aliphatic hydroxyl groups excluding tert-OH is 1. The van der Waals surface area contributed by atoms with Crippen LogP contribution in [0.15, 0.2) is 12.3 Å². The van der Waals surface area contributed by atoms with Gasteiger partial charge in [0.1, 0.15) is 0 Å². The lowest BCUT2D eigenvalue weighted by molar-refractivity contribution is 0.153. The van der Waals surface area contributed by atoms with Gasteiger partial charge in [0.15, 0.2) is 0 Å². The lowest BCUT2D eigenvalue weighted by Gasteiger charge is -2.34. The summed E-state index contributed by atoms with van der Waals surface area (Å²) in [5, 5.41) is 9.95. The summed E-state index contributed by atoms with van der Waals surface area (Å²) >= 11 is 0. The number of nitrogens with zero attached hydrogens (tertiary/aromatic N) is 1. The fraction of sp³-hybridized carbons (Fsp3) is 0.714. The Labute approximate surface area is 97.3 Å². The van der Waals surface area contributed by atoms with Crippen LogP contribution in [0.4, 0.5) is 0 Å². The smallest absolute Gasteiger partial charge is 0.0807 e. The van der Waals surface area contributed by atoms with E-state index in [0.29, 0.717) is 6.04 Å².